The van der Waals surface area contributed by atoms with Gasteiger partial charge in [-0.2, -0.15) is 0 Å². The molecule has 0 aliphatic carbocycles. The van der Waals surface area contributed by atoms with E-state index in [0.717, 1.165) is 11.3 Å². The Balaban J connectivity index is 3.05. The molecule has 0 amide bonds. The molecule has 1 aromatic carbocycles. The van der Waals surface area contributed by atoms with Gasteiger partial charge >= 0.3 is 0 Å². The molecule has 0 spiro atoms. The SMILES string of the molecule is C=C/C(=N\C)c1ccc(C(C)(C)C)cc1. The molecule has 1 aromatic rings. The van der Waals surface area contributed by atoms with Gasteiger partial charge in [0.2, 0.25) is 0 Å². The predicted molar refractivity (Wildman–Crippen MR) is 67.8 cm³/mol. The van der Waals surface area contributed by atoms with Gasteiger partial charge in [-0.15, -0.1) is 0 Å². The number of rotatable bonds is 2. The minimum atomic E-state index is 0.205. The van der Waals surface area contributed by atoms with Crippen LogP contribution in [0, 0.1) is 0 Å². The summed E-state index contributed by atoms with van der Waals surface area (Å²) in [5, 5.41) is 0. The van der Waals surface area contributed by atoms with Gasteiger partial charge in [-0.3, -0.25) is 4.99 Å². The van der Waals surface area contributed by atoms with Gasteiger partial charge < -0.3 is 0 Å². The van der Waals surface area contributed by atoms with Gasteiger partial charge in [-0.25, -0.2) is 0 Å². The number of benzene rings is 1. The van der Waals surface area contributed by atoms with E-state index in [2.05, 4.69) is 56.6 Å². The van der Waals surface area contributed by atoms with E-state index in [1.165, 1.54) is 5.56 Å². The van der Waals surface area contributed by atoms with E-state index in [1.54, 1.807) is 13.1 Å². The van der Waals surface area contributed by atoms with Crippen LogP contribution in [0.1, 0.15) is 31.9 Å². The molecule has 0 radical (unpaired) electrons. The molecule has 15 heavy (non-hydrogen) atoms. The molecule has 0 aliphatic rings. The molecule has 0 heterocycles. The lowest BCUT2D eigenvalue weighted by Crippen LogP contribution is -2.11. The second-order valence-corrected chi connectivity index (χ2v) is 4.64. The largest absolute Gasteiger partial charge is 0.288 e. The summed E-state index contributed by atoms with van der Waals surface area (Å²) in [4.78, 5) is 4.17. The maximum atomic E-state index is 4.17. The molecule has 80 valence electrons. The fourth-order valence-electron chi connectivity index (χ4n) is 1.48. The van der Waals surface area contributed by atoms with Gasteiger partial charge in [0, 0.05) is 7.05 Å². The summed E-state index contributed by atoms with van der Waals surface area (Å²) in [7, 11) is 1.79. The van der Waals surface area contributed by atoms with E-state index in [1.807, 2.05) is 0 Å². The molecule has 0 fully saturated rings. The number of aliphatic imine (C=N–C) groups is 1. The average Bonchev–Trinajstić information content (AvgIpc) is 2.19. The third-order valence-corrected chi connectivity index (χ3v) is 2.48. The zero-order valence-corrected chi connectivity index (χ0v) is 10.0. The second kappa shape index (κ2) is 4.43. The third-order valence-electron chi connectivity index (χ3n) is 2.48. The molecule has 0 unspecified atom stereocenters. The van der Waals surface area contributed by atoms with Crippen LogP contribution in [0.5, 0.6) is 0 Å². The molecular formula is C14H19N. The van der Waals surface area contributed by atoms with Gasteiger partial charge in [-0.1, -0.05) is 51.6 Å². The first kappa shape index (κ1) is 11.7. The van der Waals surface area contributed by atoms with Gasteiger partial charge in [0.25, 0.3) is 0 Å². The van der Waals surface area contributed by atoms with Crippen LogP contribution in [0.25, 0.3) is 0 Å². The lowest BCUT2D eigenvalue weighted by molar-refractivity contribution is 0.590. The maximum Gasteiger partial charge on any atom is 0.0637 e. The summed E-state index contributed by atoms with van der Waals surface area (Å²) in [6.07, 6.45) is 1.78. The van der Waals surface area contributed by atoms with Crippen LogP contribution in [0.4, 0.5) is 0 Å². The van der Waals surface area contributed by atoms with Crippen molar-refractivity contribution in [1.29, 1.82) is 0 Å². The molecule has 1 rings (SSSR count). The first-order chi connectivity index (χ1) is 6.99. The number of hydrogen-bond acceptors (Lipinski definition) is 1. The molecule has 0 N–H and O–H groups in total. The zero-order chi connectivity index (χ0) is 11.5. The van der Waals surface area contributed by atoms with Crippen LogP contribution in [-0.2, 0) is 5.41 Å². The van der Waals surface area contributed by atoms with Crippen molar-refractivity contribution < 1.29 is 0 Å². The topological polar surface area (TPSA) is 12.4 Å². The number of allylic oxidation sites excluding steroid dienone is 1. The Morgan fingerprint density at radius 2 is 1.73 bits per heavy atom. The van der Waals surface area contributed by atoms with Gasteiger partial charge in [0.1, 0.15) is 0 Å². The van der Waals surface area contributed by atoms with Crippen LogP contribution in [0.15, 0.2) is 41.9 Å². The van der Waals surface area contributed by atoms with Gasteiger partial charge in [0.15, 0.2) is 0 Å². The highest BCUT2D eigenvalue weighted by Crippen LogP contribution is 2.22. The van der Waals surface area contributed by atoms with Crippen LogP contribution < -0.4 is 0 Å². The fraction of sp³-hybridized carbons (Fsp3) is 0.357. The normalized spacial score (nSPS) is 12.7. The first-order valence-corrected chi connectivity index (χ1v) is 5.19. The van der Waals surface area contributed by atoms with Crippen LogP contribution in [0.3, 0.4) is 0 Å². The van der Waals surface area contributed by atoms with Crippen molar-refractivity contribution in [3.63, 3.8) is 0 Å². The minimum Gasteiger partial charge on any atom is -0.288 e. The van der Waals surface area contributed by atoms with E-state index in [-0.39, 0.29) is 5.41 Å². The molecule has 0 saturated heterocycles. The average molecular weight is 201 g/mol. The Kier molecular flexibility index (Phi) is 3.46. The van der Waals surface area contributed by atoms with E-state index in [0.29, 0.717) is 0 Å². The first-order valence-electron chi connectivity index (χ1n) is 5.19. The van der Waals surface area contributed by atoms with Crippen molar-refractivity contribution in [3.8, 4) is 0 Å². The quantitative estimate of drug-likeness (QED) is 0.648. The van der Waals surface area contributed by atoms with Crippen molar-refractivity contribution in [1.82, 2.24) is 0 Å². The Labute approximate surface area is 92.6 Å². The van der Waals surface area contributed by atoms with Gasteiger partial charge in [0.05, 0.1) is 5.71 Å². The highest BCUT2D eigenvalue weighted by atomic mass is 14.7. The second-order valence-electron chi connectivity index (χ2n) is 4.64. The molecule has 0 atom stereocenters. The van der Waals surface area contributed by atoms with E-state index in [9.17, 15) is 0 Å². The summed E-state index contributed by atoms with van der Waals surface area (Å²) in [5.74, 6) is 0. The summed E-state index contributed by atoms with van der Waals surface area (Å²) in [6.45, 7) is 10.4. The summed E-state index contributed by atoms with van der Waals surface area (Å²) >= 11 is 0. The molecule has 0 aromatic heterocycles. The zero-order valence-electron chi connectivity index (χ0n) is 10.0. The fourth-order valence-corrected chi connectivity index (χ4v) is 1.48. The molecule has 0 aliphatic heterocycles. The van der Waals surface area contributed by atoms with Crippen LogP contribution >= 0.6 is 0 Å². The van der Waals surface area contributed by atoms with Crippen molar-refractivity contribution in [2.24, 2.45) is 4.99 Å². The van der Waals surface area contributed by atoms with Crippen molar-refractivity contribution >= 4 is 5.71 Å². The summed E-state index contributed by atoms with van der Waals surface area (Å²) < 4.78 is 0. The smallest absolute Gasteiger partial charge is 0.0637 e. The van der Waals surface area contributed by atoms with E-state index in [4.69, 9.17) is 0 Å². The van der Waals surface area contributed by atoms with Crippen molar-refractivity contribution in [2.75, 3.05) is 7.05 Å². The highest BCUT2D eigenvalue weighted by molar-refractivity contribution is 6.08. The monoisotopic (exact) mass is 201 g/mol. The maximum absolute atomic E-state index is 4.17. The van der Waals surface area contributed by atoms with E-state index >= 15 is 0 Å². The molecular weight excluding hydrogens is 182 g/mol. The summed E-state index contributed by atoms with van der Waals surface area (Å²) in [6, 6.07) is 8.52. The lowest BCUT2D eigenvalue weighted by atomic mass is 9.86. The Morgan fingerprint density at radius 1 is 1.20 bits per heavy atom. The molecule has 0 saturated carbocycles. The van der Waals surface area contributed by atoms with Crippen molar-refractivity contribution in [3.05, 3.63) is 48.0 Å². The lowest BCUT2D eigenvalue weighted by Gasteiger charge is -2.19. The number of hydrogen-bond donors (Lipinski definition) is 0. The molecule has 1 nitrogen and oxygen atoms in total. The Morgan fingerprint density at radius 3 is 2.07 bits per heavy atom. The van der Waals surface area contributed by atoms with Crippen LogP contribution in [0.2, 0.25) is 0 Å². The standard InChI is InChI=1S/C14H19N/c1-6-13(15-5)11-7-9-12(10-8-11)14(2,3)4/h6-10H,1H2,2-5H3/b15-13+. The Bertz CT molecular complexity index is 363. The number of nitrogens with zero attached hydrogens (tertiary/aromatic N) is 1. The van der Waals surface area contributed by atoms with E-state index < -0.39 is 0 Å². The van der Waals surface area contributed by atoms with Crippen LogP contribution in [-0.4, -0.2) is 12.8 Å². The molecule has 1 heteroatoms. The van der Waals surface area contributed by atoms with Gasteiger partial charge in [-0.05, 0) is 22.6 Å². The highest BCUT2D eigenvalue weighted by Gasteiger charge is 2.12. The Hall–Kier alpha value is -1.37. The van der Waals surface area contributed by atoms with Crippen molar-refractivity contribution in [2.45, 2.75) is 26.2 Å². The third kappa shape index (κ3) is 2.79. The predicted octanol–water partition coefficient (Wildman–Crippen LogP) is 3.59. The molecule has 0 bridgehead atoms. The minimum absolute atomic E-state index is 0.205. The summed E-state index contributed by atoms with van der Waals surface area (Å²) in [5.41, 5.74) is 3.61.